The highest BCUT2D eigenvalue weighted by molar-refractivity contribution is 7.47. The first-order chi connectivity index (χ1) is 23.4. The van der Waals surface area contributed by atoms with E-state index in [1.807, 2.05) is 6.08 Å². The van der Waals surface area contributed by atoms with E-state index in [9.17, 15) is 14.3 Å². The Morgan fingerprint density at radius 1 is 0.604 bits per heavy atom. The molecular formula is C39H78NO7P. The molecule has 0 radical (unpaired) electrons. The van der Waals surface area contributed by atoms with Crippen molar-refractivity contribution in [2.24, 2.45) is 5.73 Å². The van der Waals surface area contributed by atoms with E-state index in [2.05, 4.69) is 19.9 Å². The summed E-state index contributed by atoms with van der Waals surface area (Å²) >= 11 is 0. The Morgan fingerprint density at radius 3 is 1.52 bits per heavy atom. The first kappa shape index (κ1) is 47.2. The maximum Gasteiger partial charge on any atom is 0.472 e. The summed E-state index contributed by atoms with van der Waals surface area (Å²) in [6.45, 7) is 4.90. The summed E-state index contributed by atoms with van der Waals surface area (Å²) in [4.78, 5) is 22.4. The van der Waals surface area contributed by atoms with Gasteiger partial charge in [-0.15, -0.1) is 0 Å². The minimum Gasteiger partial charge on any atom is -0.457 e. The molecule has 0 aliphatic carbocycles. The number of phosphoric ester groups is 1. The molecule has 0 saturated heterocycles. The molecule has 0 spiro atoms. The van der Waals surface area contributed by atoms with Gasteiger partial charge in [0.2, 0.25) is 0 Å². The van der Waals surface area contributed by atoms with Gasteiger partial charge in [-0.1, -0.05) is 174 Å². The van der Waals surface area contributed by atoms with E-state index in [0.29, 0.717) is 13.0 Å². The molecule has 48 heavy (non-hydrogen) atoms. The molecule has 8 nitrogen and oxygen atoms in total. The number of nitrogens with two attached hydrogens (primary N) is 1. The highest BCUT2D eigenvalue weighted by atomic mass is 31.2. The predicted octanol–water partition coefficient (Wildman–Crippen LogP) is 11.5. The summed E-state index contributed by atoms with van der Waals surface area (Å²) in [7, 11) is -4.27. The van der Waals surface area contributed by atoms with E-state index < -0.39 is 13.9 Å². The number of carbonyl (C=O) groups is 1. The number of phosphoric acid groups is 1. The normalized spacial score (nSPS) is 13.7. The Bertz CT molecular complexity index is 752. The van der Waals surface area contributed by atoms with Crippen LogP contribution in [0.5, 0.6) is 0 Å². The Labute approximate surface area is 296 Å². The zero-order valence-electron chi connectivity index (χ0n) is 31.5. The van der Waals surface area contributed by atoms with Gasteiger partial charge in [-0.05, 0) is 25.7 Å². The highest BCUT2D eigenvalue weighted by Crippen LogP contribution is 2.43. The van der Waals surface area contributed by atoms with E-state index in [1.54, 1.807) is 0 Å². The fourth-order valence-corrected chi connectivity index (χ4v) is 6.49. The highest BCUT2D eigenvalue weighted by Gasteiger charge is 2.25. The smallest absolute Gasteiger partial charge is 0.457 e. The second-order valence-electron chi connectivity index (χ2n) is 13.5. The monoisotopic (exact) mass is 704 g/mol. The van der Waals surface area contributed by atoms with Crippen LogP contribution >= 0.6 is 7.82 Å². The lowest BCUT2D eigenvalue weighted by molar-refractivity contribution is -0.154. The zero-order chi connectivity index (χ0) is 35.2. The molecule has 0 aromatic carbocycles. The molecule has 2 atom stereocenters. The molecule has 0 aromatic heterocycles. The molecule has 0 bridgehead atoms. The van der Waals surface area contributed by atoms with Gasteiger partial charge in [-0.25, -0.2) is 4.57 Å². The quantitative estimate of drug-likeness (QED) is 0.0281. The van der Waals surface area contributed by atoms with Gasteiger partial charge >= 0.3 is 13.8 Å². The summed E-state index contributed by atoms with van der Waals surface area (Å²) in [6.07, 6.45) is 38.0. The number of hydrogen-bond donors (Lipinski definition) is 2. The maximum atomic E-state index is 12.5. The molecule has 0 fully saturated rings. The summed E-state index contributed by atoms with van der Waals surface area (Å²) < 4.78 is 33.3. The summed E-state index contributed by atoms with van der Waals surface area (Å²) in [5.74, 6) is -0.376. The van der Waals surface area contributed by atoms with Crippen LogP contribution in [0.25, 0.3) is 0 Å². The number of carbonyl (C=O) groups excluding carboxylic acids is 1. The average Bonchev–Trinajstić information content (AvgIpc) is 3.07. The van der Waals surface area contributed by atoms with Crippen molar-refractivity contribution in [2.45, 2.75) is 200 Å². The first-order valence-corrected chi connectivity index (χ1v) is 21.7. The van der Waals surface area contributed by atoms with Crippen LogP contribution in [-0.2, 0) is 27.9 Å². The van der Waals surface area contributed by atoms with E-state index in [-0.39, 0.29) is 38.8 Å². The van der Waals surface area contributed by atoms with Gasteiger partial charge in [0.1, 0.15) is 6.10 Å². The number of rotatable bonds is 39. The standard InChI is InChI=1S/C39H78NO7P/c1-3-5-7-9-11-13-15-17-19-20-22-24-26-28-30-32-39(41)47-38(37-46-48(42,43)45-35-33-40)36-44-34-31-29-27-25-23-21-18-16-14-12-10-8-6-4-2/h26,28,38H,3-25,27,29-37,40H2,1-2H3,(H,42,43). The second kappa shape index (κ2) is 37.5. The van der Waals surface area contributed by atoms with Gasteiger partial charge in [-0.3, -0.25) is 13.8 Å². The third-order valence-electron chi connectivity index (χ3n) is 8.70. The van der Waals surface area contributed by atoms with Crippen molar-refractivity contribution in [3.05, 3.63) is 12.2 Å². The van der Waals surface area contributed by atoms with Crippen molar-refractivity contribution >= 4 is 13.8 Å². The van der Waals surface area contributed by atoms with Crippen LogP contribution in [0.4, 0.5) is 0 Å². The third kappa shape index (κ3) is 36.5. The number of ether oxygens (including phenoxy) is 2. The van der Waals surface area contributed by atoms with Crippen LogP contribution < -0.4 is 5.73 Å². The van der Waals surface area contributed by atoms with Crippen molar-refractivity contribution in [1.82, 2.24) is 0 Å². The van der Waals surface area contributed by atoms with Crippen molar-refractivity contribution in [3.8, 4) is 0 Å². The fourth-order valence-electron chi connectivity index (χ4n) is 5.72. The number of esters is 1. The minimum absolute atomic E-state index is 0.0978. The van der Waals surface area contributed by atoms with Crippen LogP contribution in [-0.4, -0.2) is 49.9 Å². The van der Waals surface area contributed by atoms with E-state index in [1.165, 1.54) is 148 Å². The summed E-state index contributed by atoms with van der Waals surface area (Å²) in [6, 6.07) is 0. The summed E-state index contributed by atoms with van der Waals surface area (Å²) in [5, 5.41) is 0. The molecule has 0 heterocycles. The first-order valence-electron chi connectivity index (χ1n) is 20.2. The molecule has 0 amide bonds. The Kier molecular flexibility index (Phi) is 36.9. The molecule has 286 valence electrons. The van der Waals surface area contributed by atoms with Gasteiger partial charge in [0.25, 0.3) is 0 Å². The second-order valence-corrected chi connectivity index (χ2v) is 15.0. The molecule has 0 aromatic rings. The lowest BCUT2D eigenvalue weighted by Gasteiger charge is -2.20. The topological polar surface area (TPSA) is 117 Å². The molecule has 0 saturated carbocycles. The van der Waals surface area contributed by atoms with E-state index >= 15 is 0 Å². The van der Waals surface area contributed by atoms with Gasteiger partial charge < -0.3 is 20.1 Å². The van der Waals surface area contributed by atoms with Crippen molar-refractivity contribution < 1.29 is 32.8 Å². The van der Waals surface area contributed by atoms with Crippen LogP contribution in [0.2, 0.25) is 0 Å². The van der Waals surface area contributed by atoms with Gasteiger partial charge in [0.05, 0.1) is 19.8 Å². The van der Waals surface area contributed by atoms with Crippen LogP contribution in [0, 0.1) is 0 Å². The summed E-state index contributed by atoms with van der Waals surface area (Å²) in [5.41, 5.74) is 5.35. The van der Waals surface area contributed by atoms with Crippen molar-refractivity contribution in [1.29, 1.82) is 0 Å². The molecule has 9 heteroatoms. The maximum absolute atomic E-state index is 12.5. The Morgan fingerprint density at radius 2 is 1.04 bits per heavy atom. The lowest BCUT2D eigenvalue weighted by atomic mass is 10.0. The molecule has 2 unspecified atom stereocenters. The van der Waals surface area contributed by atoms with E-state index in [0.717, 1.165) is 19.3 Å². The SMILES string of the molecule is CCCCCCCCCCCCCC=CCCC(=O)OC(COCCCCCCCCCCCCCCCC)COP(=O)(O)OCCN. The average molecular weight is 704 g/mol. The number of allylic oxidation sites excluding steroid dienone is 2. The van der Waals surface area contributed by atoms with Gasteiger partial charge in [0.15, 0.2) is 0 Å². The lowest BCUT2D eigenvalue weighted by Crippen LogP contribution is -2.28. The number of hydrogen-bond acceptors (Lipinski definition) is 7. The largest absolute Gasteiger partial charge is 0.472 e. The van der Waals surface area contributed by atoms with Crippen molar-refractivity contribution in [3.63, 3.8) is 0 Å². The Balaban J connectivity index is 4.08. The molecule has 0 aliphatic heterocycles. The predicted molar refractivity (Wildman–Crippen MR) is 201 cm³/mol. The third-order valence-corrected chi connectivity index (χ3v) is 9.68. The minimum atomic E-state index is -4.27. The van der Waals surface area contributed by atoms with Gasteiger partial charge in [0, 0.05) is 19.6 Å². The molecule has 0 rings (SSSR count). The molecule has 0 aliphatic rings. The van der Waals surface area contributed by atoms with Gasteiger partial charge in [-0.2, -0.15) is 0 Å². The molecular weight excluding hydrogens is 625 g/mol. The molecule has 3 N–H and O–H groups in total. The van der Waals surface area contributed by atoms with E-state index in [4.69, 9.17) is 24.3 Å². The fraction of sp³-hybridized carbons (Fsp3) is 0.923. The van der Waals surface area contributed by atoms with Crippen LogP contribution in [0.3, 0.4) is 0 Å². The Hall–Kier alpha value is -0.760. The van der Waals surface area contributed by atoms with Crippen LogP contribution in [0.15, 0.2) is 12.2 Å². The number of unbranched alkanes of at least 4 members (excludes halogenated alkanes) is 24. The zero-order valence-corrected chi connectivity index (χ0v) is 32.4. The van der Waals surface area contributed by atoms with Crippen molar-refractivity contribution in [2.75, 3.05) is 33.0 Å². The van der Waals surface area contributed by atoms with Crippen LogP contribution in [0.1, 0.15) is 194 Å².